The maximum atomic E-state index is 11.7. The lowest BCUT2D eigenvalue weighted by Crippen LogP contribution is -2.38. The molecule has 0 aromatic rings. The quantitative estimate of drug-likeness (QED) is 0.649. The third-order valence-electron chi connectivity index (χ3n) is 2.89. The van der Waals surface area contributed by atoms with Crippen molar-refractivity contribution in [3.63, 3.8) is 0 Å². The summed E-state index contributed by atoms with van der Waals surface area (Å²) in [6.45, 7) is 0.00568. The number of thiol groups is 1. The van der Waals surface area contributed by atoms with Crippen molar-refractivity contribution in [1.82, 2.24) is 10.0 Å². The highest BCUT2D eigenvalue weighted by Crippen LogP contribution is 2.23. The molecule has 2 N–H and O–H groups in total. The van der Waals surface area contributed by atoms with Crippen molar-refractivity contribution in [1.29, 1.82) is 0 Å². The molecule has 0 radical (unpaired) electrons. The first-order valence-corrected chi connectivity index (χ1v) is 8.02. The molecule has 0 atom stereocenters. The van der Waals surface area contributed by atoms with Crippen molar-refractivity contribution in [3.8, 4) is 0 Å². The SMILES string of the molecule is O=C(S)NS(=O)(=O)CCNC(=O)C1CCCCC1. The Balaban J connectivity index is 2.28. The maximum absolute atomic E-state index is 11.7. The van der Waals surface area contributed by atoms with Gasteiger partial charge >= 0.3 is 0 Å². The van der Waals surface area contributed by atoms with Crippen LogP contribution in [0.15, 0.2) is 0 Å². The van der Waals surface area contributed by atoms with E-state index < -0.39 is 15.3 Å². The average Bonchev–Trinajstić information content (AvgIpc) is 2.28. The molecule has 0 saturated heterocycles. The van der Waals surface area contributed by atoms with Gasteiger partial charge in [0.1, 0.15) is 0 Å². The van der Waals surface area contributed by atoms with Gasteiger partial charge in [0.25, 0.3) is 5.24 Å². The third-order valence-corrected chi connectivity index (χ3v) is 4.39. The average molecular weight is 294 g/mol. The van der Waals surface area contributed by atoms with E-state index in [4.69, 9.17) is 0 Å². The molecule has 0 aliphatic heterocycles. The molecule has 1 saturated carbocycles. The summed E-state index contributed by atoms with van der Waals surface area (Å²) in [5.74, 6) is -0.416. The van der Waals surface area contributed by atoms with Crippen molar-refractivity contribution in [2.24, 2.45) is 5.92 Å². The molecule has 0 unspecified atom stereocenters. The van der Waals surface area contributed by atoms with Gasteiger partial charge in [-0.15, -0.1) is 0 Å². The molecule has 0 aromatic heterocycles. The molecule has 0 spiro atoms. The normalized spacial score (nSPS) is 17.2. The minimum Gasteiger partial charge on any atom is -0.355 e. The Morgan fingerprint density at radius 3 is 2.33 bits per heavy atom. The van der Waals surface area contributed by atoms with Crippen LogP contribution in [0, 0.1) is 5.92 Å². The Morgan fingerprint density at radius 2 is 1.78 bits per heavy atom. The first kappa shape index (κ1) is 15.3. The van der Waals surface area contributed by atoms with Crippen LogP contribution in [0.25, 0.3) is 0 Å². The van der Waals surface area contributed by atoms with E-state index in [1.165, 1.54) is 0 Å². The summed E-state index contributed by atoms with van der Waals surface area (Å²) in [5.41, 5.74) is 0. The Morgan fingerprint density at radius 1 is 1.17 bits per heavy atom. The summed E-state index contributed by atoms with van der Waals surface area (Å²) in [5, 5.41) is 1.66. The molecule has 8 heteroatoms. The number of amides is 2. The fraction of sp³-hybridized carbons (Fsp3) is 0.800. The second-order valence-electron chi connectivity index (χ2n) is 4.35. The van der Waals surface area contributed by atoms with Gasteiger partial charge in [-0.3, -0.25) is 9.59 Å². The number of rotatable bonds is 5. The van der Waals surface area contributed by atoms with Gasteiger partial charge in [-0.1, -0.05) is 31.9 Å². The van der Waals surface area contributed by atoms with E-state index in [1.54, 1.807) is 4.72 Å². The van der Waals surface area contributed by atoms with E-state index in [0.717, 1.165) is 32.1 Å². The van der Waals surface area contributed by atoms with E-state index in [0.29, 0.717) is 0 Å². The molecule has 1 aliphatic rings. The van der Waals surface area contributed by atoms with Crippen LogP contribution in [0.3, 0.4) is 0 Å². The van der Waals surface area contributed by atoms with Crippen molar-refractivity contribution >= 4 is 33.8 Å². The van der Waals surface area contributed by atoms with E-state index in [-0.39, 0.29) is 24.1 Å². The molecule has 104 valence electrons. The van der Waals surface area contributed by atoms with Crippen LogP contribution < -0.4 is 10.0 Å². The summed E-state index contributed by atoms with van der Waals surface area (Å²) in [7, 11) is -3.70. The second-order valence-corrected chi connectivity index (χ2v) is 6.60. The largest absolute Gasteiger partial charge is 0.355 e. The highest BCUT2D eigenvalue weighted by Gasteiger charge is 2.21. The first-order chi connectivity index (χ1) is 8.41. The molecular formula is C10H18N2O4S2. The van der Waals surface area contributed by atoms with Crippen molar-refractivity contribution in [3.05, 3.63) is 0 Å². The molecule has 1 fully saturated rings. The standard InChI is InChI=1S/C10H18N2O4S2/c13-9(8-4-2-1-3-5-8)11-6-7-18(15,16)12-10(14)17/h8H,1-7H2,(H,11,13)(H2,12,14,17). The molecule has 6 nitrogen and oxygen atoms in total. The van der Waals surface area contributed by atoms with Crippen LogP contribution >= 0.6 is 12.6 Å². The minimum atomic E-state index is -3.70. The zero-order chi connectivity index (χ0) is 13.6. The molecule has 2 amide bonds. The van der Waals surface area contributed by atoms with Gasteiger partial charge in [-0.05, 0) is 12.8 Å². The number of nitrogens with one attached hydrogen (secondary N) is 2. The lowest BCUT2D eigenvalue weighted by Gasteiger charge is -2.20. The predicted molar refractivity (Wildman–Crippen MR) is 70.9 cm³/mol. The van der Waals surface area contributed by atoms with Crippen LogP contribution in [0.4, 0.5) is 4.79 Å². The number of hydrogen-bond acceptors (Lipinski definition) is 4. The first-order valence-electron chi connectivity index (χ1n) is 5.92. The van der Waals surface area contributed by atoms with Gasteiger partial charge in [0, 0.05) is 12.5 Å². The van der Waals surface area contributed by atoms with E-state index in [1.807, 2.05) is 0 Å². The van der Waals surface area contributed by atoms with Crippen molar-refractivity contribution in [2.45, 2.75) is 32.1 Å². The predicted octanol–water partition coefficient (Wildman–Crippen LogP) is 0.652. The number of sulfonamides is 1. The zero-order valence-corrected chi connectivity index (χ0v) is 11.7. The molecule has 0 heterocycles. The van der Waals surface area contributed by atoms with Crippen molar-refractivity contribution < 1.29 is 18.0 Å². The number of carbonyl (C=O) groups is 2. The van der Waals surface area contributed by atoms with Gasteiger partial charge in [0.2, 0.25) is 15.9 Å². The van der Waals surface area contributed by atoms with Crippen LogP contribution in [-0.4, -0.2) is 31.9 Å². The molecule has 0 aromatic carbocycles. The summed E-state index contributed by atoms with van der Waals surface area (Å²) < 4.78 is 24.3. The Hall–Kier alpha value is -0.760. The molecular weight excluding hydrogens is 276 g/mol. The number of carbonyl (C=O) groups excluding carboxylic acids is 2. The van der Waals surface area contributed by atoms with Gasteiger partial charge in [0.15, 0.2) is 0 Å². The number of hydrogen-bond donors (Lipinski definition) is 3. The summed E-state index contributed by atoms with van der Waals surface area (Å²) >= 11 is 3.32. The van der Waals surface area contributed by atoms with Gasteiger partial charge in [0.05, 0.1) is 5.75 Å². The summed E-state index contributed by atoms with van der Waals surface area (Å²) in [4.78, 5) is 22.2. The molecule has 1 rings (SSSR count). The monoisotopic (exact) mass is 294 g/mol. The summed E-state index contributed by atoms with van der Waals surface area (Å²) in [6, 6.07) is 0. The molecule has 18 heavy (non-hydrogen) atoms. The van der Waals surface area contributed by atoms with Crippen LogP contribution in [0.5, 0.6) is 0 Å². The van der Waals surface area contributed by atoms with Crippen molar-refractivity contribution in [2.75, 3.05) is 12.3 Å². The zero-order valence-electron chi connectivity index (χ0n) is 10.0. The third kappa shape index (κ3) is 5.72. The smallest absolute Gasteiger partial charge is 0.289 e. The Bertz CT molecular complexity index is 402. The highest BCUT2D eigenvalue weighted by molar-refractivity contribution is 7.99. The van der Waals surface area contributed by atoms with Crippen LogP contribution in [-0.2, 0) is 14.8 Å². The van der Waals surface area contributed by atoms with E-state index in [2.05, 4.69) is 17.9 Å². The van der Waals surface area contributed by atoms with Gasteiger partial charge in [-0.25, -0.2) is 13.1 Å². The fourth-order valence-electron chi connectivity index (χ4n) is 2.00. The molecule has 1 aliphatic carbocycles. The summed E-state index contributed by atoms with van der Waals surface area (Å²) in [6.07, 6.45) is 4.99. The van der Waals surface area contributed by atoms with Gasteiger partial charge < -0.3 is 5.32 Å². The highest BCUT2D eigenvalue weighted by atomic mass is 32.2. The van der Waals surface area contributed by atoms with Crippen LogP contribution in [0.2, 0.25) is 0 Å². The Kier molecular flexibility index (Phi) is 5.94. The van der Waals surface area contributed by atoms with Gasteiger partial charge in [-0.2, -0.15) is 0 Å². The fourth-order valence-corrected chi connectivity index (χ4v) is 3.16. The van der Waals surface area contributed by atoms with E-state index >= 15 is 0 Å². The Labute approximate surface area is 112 Å². The maximum Gasteiger partial charge on any atom is 0.289 e. The second kappa shape index (κ2) is 6.98. The minimum absolute atomic E-state index is 0.000856. The lowest BCUT2D eigenvalue weighted by atomic mass is 9.89. The lowest BCUT2D eigenvalue weighted by molar-refractivity contribution is -0.125. The topological polar surface area (TPSA) is 92.3 Å². The van der Waals surface area contributed by atoms with E-state index in [9.17, 15) is 18.0 Å². The van der Waals surface area contributed by atoms with Crippen LogP contribution in [0.1, 0.15) is 32.1 Å². The molecule has 0 bridgehead atoms.